The second-order valence-electron chi connectivity index (χ2n) is 8.83. The summed E-state index contributed by atoms with van der Waals surface area (Å²) in [5.41, 5.74) is 7.19. The summed E-state index contributed by atoms with van der Waals surface area (Å²) in [5.74, 6) is 1.39. The number of ether oxygens (including phenoxy) is 1. The molecule has 0 bridgehead atoms. The summed E-state index contributed by atoms with van der Waals surface area (Å²) >= 11 is 0. The molecule has 4 aromatic rings. The zero-order valence-electron chi connectivity index (χ0n) is 19.9. The highest BCUT2D eigenvalue weighted by Gasteiger charge is 2.23. The van der Waals surface area contributed by atoms with Crippen molar-refractivity contribution in [1.82, 2.24) is 24.8 Å². The Bertz CT molecular complexity index is 1250. The van der Waals surface area contributed by atoms with Crippen molar-refractivity contribution in [1.29, 1.82) is 0 Å². The molecule has 0 spiro atoms. The number of hydrogen-bond donors (Lipinski definition) is 2. The average Bonchev–Trinajstić information content (AvgIpc) is 3.29. The Morgan fingerprint density at radius 2 is 1.71 bits per heavy atom. The van der Waals surface area contributed by atoms with Gasteiger partial charge in [0.2, 0.25) is 5.95 Å². The molecule has 2 N–H and O–H groups in total. The fourth-order valence-corrected chi connectivity index (χ4v) is 4.66. The summed E-state index contributed by atoms with van der Waals surface area (Å²) in [5, 5.41) is 6.84. The molecule has 5 rings (SSSR count). The number of anilines is 2. The number of rotatable bonds is 6. The van der Waals surface area contributed by atoms with Crippen molar-refractivity contribution in [2.24, 2.45) is 0 Å². The van der Waals surface area contributed by atoms with Crippen molar-refractivity contribution in [3.8, 4) is 28.4 Å². The molecule has 1 aliphatic heterocycles. The van der Waals surface area contributed by atoms with Gasteiger partial charge in [0.25, 0.3) is 0 Å². The minimum Gasteiger partial charge on any atom is -0.497 e. The first kappa shape index (κ1) is 22.1. The number of nitrogens with zero attached hydrogens (tertiary/aromatic N) is 4. The molecule has 0 radical (unpaired) electrons. The molecule has 0 unspecified atom stereocenters. The lowest BCUT2D eigenvalue weighted by atomic mass is 10.0. The second kappa shape index (κ2) is 9.65. The summed E-state index contributed by atoms with van der Waals surface area (Å²) in [6, 6.07) is 16.7. The number of imidazole rings is 1. The SMILES string of the molecule is COc1ccc(-c2ncn(C3CCNCC3)c2-c2ccnc(Nc3cc(C)cc(C)c3)n2)cc1. The number of piperidine rings is 1. The van der Waals surface area contributed by atoms with Gasteiger partial charge in [-0.15, -0.1) is 0 Å². The van der Waals surface area contributed by atoms with Crippen LogP contribution in [-0.4, -0.2) is 39.7 Å². The Hall–Kier alpha value is -3.71. The number of aromatic nitrogens is 4. The molecule has 3 heterocycles. The molecule has 1 aliphatic rings. The topological polar surface area (TPSA) is 76.9 Å². The normalized spacial score (nSPS) is 14.2. The minimum absolute atomic E-state index is 0.376. The van der Waals surface area contributed by atoms with E-state index in [1.165, 1.54) is 11.1 Å². The Morgan fingerprint density at radius 1 is 0.971 bits per heavy atom. The number of nitrogens with one attached hydrogen (secondary N) is 2. The maximum absolute atomic E-state index is 5.35. The van der Waals surface area contributed by atoms with Gasteiger partial charge in [0.05, 0.1) is 30.5 Å². The number of methoxy groups -OCH3 is 1. The van der Waals surface area contributed by atoms with Gasteiger partial charge in [0.15, 0.2) is 0 Å². The third kappa shape index (κ3) is 4.65. The van der Waals surface area contributed by atoms with Crippen LogP contribution in [0.25, 0.3) is 22.6 Å². The fraction of sp³-hybridized carbons (Fsp3) is 0.296. The van der Waals surface area contributed by atoms with Crippen molar-refractivity contribution < 1.29 is 4.74 Å². The lowest BCUT2D eigenvalue weighted by Crippen LogP contribution is -2.29. The van der Waals surface area contributed by atoms with E-state index in [9.17, 15) is 0 Å². The van der Waals surface area contributed by atoms with Crippen molar-refractivity contribution in [2.75, 3.05) is 25.5 Å². The quantitative estimate of drug-likeness (QED) is 0.412. The first-order chi connectivity index (χ1) is 16.6. The third-order valence-corrected chi connectivity index (χ3v) is 6.24. The van der Waals surface area contributed by atoms with Crippen LogP contribution in [0.3, 0.4) is 0 Å². The van der Waals surface area contributed by atoms with Gasteiger partial charge in [-0.1, -0.05) is 6.07 Å². The lowest BCUT2D eigenvalue weighted by Gasteiger charge is -2.25. The van der Waals surface area contributed by atoms with Crippen molar-refractivity contribution in [3.05, 3.63) is 72.2 Å². The van der Waals surface area contributed by atoms with Crippen LogP contribution in [0, 0.1) is 13.8 Å². The smallest absolute Gasteiger partial charge is 0.227 e. The summed E-state index contributed by atoms with van der Waals surface area (Å²) in [6.07, 6.45) is 5.89. The summed E-state index contributed by atoms with van der Waals surface area (Å²) in [7, 11) is 1.68. The van der Waals surface area contributed by atoms with E-state index < -0.39 is 0 Å². The maximum Gasteiger partial charge on any atom is 0.227 e. The molecule has 0 saturated carbocycles. The van der Waals surface area contributed by atoms with E-state index in [0.29, 0.717) is 12.0 Å². The Balaban J connectivity index is 1.57. The molecule has 7 nitrogen and oxygen atoms in total. The number of hydrogen-bond acceptors (Lipinski definition) is 6. The van der Waals surface area contributed by atoms with Gasteiger partial charge in [-0.2, -0.15) is 0 Å². The van der Waals surface area contributed by atoms with E-state index >= 15 is 0 Å². The second-order valence-corrected chi connectivity index (χ2v) is 8.83. The van der Waals surface area contributed by atoms with Crippen molar-refractivity contribution in [3.63, 3.8) is 0 Å². The van der Waals surface area contributed by atoms with E-state index in [-0.39, 0.29) is 0 Å². The highest BCUT2D eigenvalue weighted by molar-refractivity contribution is 5.77. The van der Waals surface area contributed by atoms with E-state index in [0.717, 1.165) is 60.0 Å². The summed E-state index contributed by atoms with van der Waals surface area (Å²) < 4.78 is 7.64. The van der Waals surface area contributed by atoms with Gasteiger partial charge < -0.3 is 19.9 Å². The molecule has 0 aliphatic carbocycles. The monoisotopic (exact) mass is 454 g/mol. The highest BCUT2D eigenvalue weighted by Crippen LogP contribution is 2.35. The first-order valence-corrected chi connectivity index (χ1v) is 11.7. The van der Waals surface area contributed by atoms with Gasteiger partial charge in [-0.3, -0.25) is 0 Å². The molecule has 34 heavy (non-hydrogen) atoms. The van der Waals surface area contributed by atoms with Crippen LogP contribution in [-0.2, 0) is 0 Å². The zero-order chi connectivity index (χ0) is 23.5. The van der Waals surface area contributed by atoms with Crippen LogP contribution in [0.4, 0.5) is 11.6 Å². The molecule has 174 valence electrons. The van der Waals surface area contributed by atoms with Crippen molar-refractivity contribution in [2.45, 2.75) is 32.7 Å². The van der Waals surface area contributed by atoms with Crippen LogP contribution in [0.1, 0.15) is 30.0 Å². The minimum atomic E-state index is 0.376. The predicted molar refractivity (Wildman–Crippen MR) is 136 cm³/mol. The molecular formula is C27H30N6O. The zero-order valence-corrected chi connectivity index (χ0v) is 19.9. The molecule has 1 fully saturated rings. The van der Waals surface area contributed by atoms with Crippen molar-refractivity contribution >= 4 is 11.6 Å². The average molecular weight is 455 g/mol. The number of benzene rings is 2. The van der Waals surface area contributed by atoms with Crippen LogP contribution < -0.4 is 15.4 Å². The summed E-state index contributed by atoms with van der Waals surface area (Å²) in [4.78, 5) is 14.3. The third-order valence-electron chi connectivity index (χ3n) is 6.24. The molecular weight excluding hydrogens is 424 g/mol. The van der Waals surface area contributed by atoms with E-state index in [1.807, 2.05) is 42.9 Å². The standard InChI is InChI=1S/C27H30N6O/c1-18-14-19(2)16-21(15-18)31-27-29-13-10-24(32-27)26-25(20-4-6-23(34-3)7-5-20)30-17-33(26)22-8-11-28-12-9-22/h4-7,10,13-17,22,28H,8-9,11-12H2,1-3H3,(H,29,31,32). The van der Waals surface area contributed by atoms with E-state index in [1.54, 1.807) is 7.11 Å². The molecule has 2 aromatic carbocycles. The van der Waals surface area contributed by atoms with E-state index in [4.69, 9.17) is 14.7 Å². The predicted octanol–water partition coefficient (Wildman–Crippen LogP) is 5.30. The van der Waals surface area contributed by atoms with Gasteiger partial charge in [0, 0.05) is 23.5 Å². The van der Waals surface area contributed by atoms with Gasteiger partial charge in [-0.05, 0) is 93.4 Å². The molecule has 2 aromatic heterocycles. The fourth-order valence-electron chi connectivity index (χ4n) is 4.66. The largest absolute Gasteiger partial charge is 0.497 e. The van der Waals surface area contributed by atoms with Crippen LogP contribution >= 0.6 is 0 Å². The maximum atomic E-state index is 5.35. The Kier molecular flexibility index (Phi) is 6.27. The van der Waals surface area contributed by atoms with E-state index in [2.05, 4.69) is 52.2 Å². The molecule has 0 amide bonds. The van der Waals surface area contributed by atoms with Gasteiger partial charge in [0.1, 0.15) is 5.75 Å². The number of aryl methyl sites for hydroxylation is 2. The lowest BCUT2D eigenvalue weighted by molar-refractivity contribution is 0.370. The Morgan fingerprint density at radius 3 is 2.41 bits per heavy atom. The van der Waals surface area contributed by atoms with Crippen LogP contribution in [0.2, 0.25) is 0 Å². The highest BCUT2D eigenvalue weighted by atomic mass is 16.5. The van der Waals surface area contributed by atoms with Gasteiger partial charge in [-0.25, -0.2) is 15.0 Å². The molecule has 1 saturated heterocycles. The molecule has 7 heteroatoms. The molecule has 0 atom stereocenters. The summed E-state index contributed by atoms with van der Waals surface area (Å²) in [6.45, 7) is 6.19. The first-order valence-electron chi connectivity index (χ1n) is 11.7. The Labute approximate surface area is 200 Å². The van der Waals surface area contributed by atoms with Crippen LogP contribution in [0.15, 0.2) is 61.1 Å². The van der Waals surface area contributed by atoms with Gasteiger partial charge >= 0.3 is 0 Å². The van der Waals surface area contributed by atoms with Crippen LogP contribution in [0.5, 0.6) is 5.75 Å².